The molecule has 0 saturated carbocycles. The minimum absolute atomic E-state index is 0.393. The van der Waals surface area contributed by atoms with Gasteiger partial charge in [0.2, 0.25) is 0 Å². The summed E-state index contributed by atoms with van der Waals surface area (Å²) in [7, 11) is 0. The van der Waals surface area contributed by atoms with E-state index in [0.717, 1.165) is 18.8 Å². The Balaban J connectivity index is 1.95. The topological polar surface area (TPSA) is 82.4 Å². The van der Waals surface area contributed by atoms with Gasteiger partial charge in [-0.2, -0.15) is 5.26 Å². The molecule has 6 heteroatoms. The number of carbonyl (C=O) groups is 2. The molecule has 0 aromatic heterocycles. The molecule has 0 bridgehead atoms. The molecule has 27 heavy (non-hydrogen) atoms. The zero-order valence-corrected chi connectivity index (χ0v) is 15.7. The number of hydrogen-bond donors (Lipinski definition) is 1. The number of amides is 1. The van der Waals surface area contributed by atoms with E-state index in [-0.39, 0.29) is 0 Å². The number of benzene rings is 2. The summed E-state index contributed by atoms with van der Waals surface area (Å²) in [5.41, 5.74) is 2.46. The van der Waals surface area contributed by atoms with E-state index in [1.165, 1.54) is 6.92 Å². The number of nitriles is 1. The summed E-state index contributed by atoms with van der Waals surface area (Å²) in [6, 6.07) is 15.6. The average Bonchev–Trinajstić information content (AvgIpc) is 2.70. The molecule has 0 fully saturated rings. The fourth-order valence-corrected chi connectivity index (χ4v) is 2.55. The van der Waals surface area contributed by atoms with Crippen molar-refractivity contribution in [2.75, 3.05) is 23.3 Å². The first-order chi connectivity index (χ1) is 13.0. The monoisotopic (exact) mass is 365 g/mol. The number of ether oxygens (including phenoxy) is 1. The molecule has 0 saturated heterocycles. The molecular weight excluding hydrogens is 342 g/mol. The molecule has 6 nitrogen and oxygen atoms in total. The maximum atomic E-state index is 12.3. The lowest BCUT2D eigenvalue weighted by Gasteiger charge is -2.21. The highest BCUT2D eigenvalue weighted by Gasteiger charge is 2.19. The normalized spacial score (nSPS) is 11.2. The highest BCUT2D eigenvalue weighted by atomic mass is 16.5. The third-order valence-electron chi connectivity index (χ3n) is 4.17. The maximum absolute atomic E-state index is 12.3. The van der Waals surface area contributed by atoms with Crippen molar-refractivity contribution in [1.29, 1.82) is 5.26 Å². The van der Waals surface area contributed by atoms with Crippen LogP contribution in [-0.2, 0) is 9.53 Å². The van der Waals surface area contributed by atoms with Crippen LogP contribution in [0.2, 0.25) is 0 Å². The second-order valence-electron chi connectivity index (χ2n) is 5.95. The Kier molecular flexibility index (Phi) is 6.95. The zero-order valence-electron chi connectivity index (χ0n) is 15.7. The van der Waals surface area contributed by atoms with E-state index in [2.05, 4.69) is 24.1 Å². The highest BCUT2D eigenvalue weighted by Crippen LogP contribution is 2.16. The lowest BCUT2D eigenvalue weighted by molar-refractivity contribution is -0.123. The predicted octanol–water partition coefficient (Wildman–Crippen LogP) is 3.59. The third-order valence-corrected chi connectivity index (χ3v) is 4.17. The first kappa shape index (κ1) is 20.0. The summed E-state index contributed by atoms with van der Waals surface area (Å²) in [6.45, 7) is 7.42. The molecule has 0 aliphatic carbocycles. The molecule has 2 aromatic carbocycles. The summed E-state index contributed by atoms with van der Waals surface area (Å²) < 4.78 is 5.25. The van der Waals surface area contributed by atoms with E-state index in [1.807, 2.05) is 18.2 Å². The van der Waals surface area contributed by atoms with Gasteiger partial charge in [0.25, 0.3) is 5.91 Å². The molecule has 0 spiro atoms. The van der Waals surface area contributed by atoms with Crippen LogP contribution in [0.5, 0.6) is 0 Å². The van der Waals surface area contributed by atoms with Crippen molar-refractivity contribution in [2.45, 2.75) is 26.9 Å². The van der Waals surface area contributed by atoms with Crippen LogP contribution in [0.4, 0.5) is 11.4 Å². The molecule has 0 unspecified atom stereocenters. The Labute approximate surface area is 159 Å². The van der Waals surface area contributed by atoms with Gasteiger partial charge in [0.1, 0.15) is 0 Å². The maximum Gasteiger partial charge on any atom is 0.338 e. The summed E-state index contributed by atoms with van der Waals surface area (Å²) in [4.78, 5) is 26.6. The van der Waals surface area contributed by atoms with Gasteiger partial charge in [0.05, 0.1) is 17.2 Å². The SMILES string of the molecule is CCN(CC)c1ccc(C(=O)O[C@H](C)C(=O)Nc2ccc(C#N)cc2)cc1. The number of esters is 1. The molecule has 2 rings (SSSR count). The lowest BCUT2D eigenvalue weighted by atomic mass is 10.2. The molecule has 140 valence electrons. The number of rotatable bonds is 7. The van der Waals surface area contributed by atoms with E-state index < -0.39 is 18.0 Å². The standard InChI is InChI=1S/C21H23N3O3/c1-4-24(5-2)19-12-8-17(9-13-19)21(26)27-15(3)20(25)23-18-10-6-16(14-22)7-11-18/h6-13,15H,4-5H2,1-3H3,(H,23,25)/t15-/m1/s1. The molecule has 0 heterocycles. The van der Waals surface area contributed by atoms with E-state index >= 15 is 0 Å². The second-order valence-corrected chi connectivity index (χ2v) is 5.95. The van der Waals surface area contributed by atoms with Crippen LogP contribution in [0.15, 0.2) is 48.5 Å². The molecule has 0 radical (unpaired) electrons. The fraction of sp³-hybridized carbons (Fsp3) is 0.286. The van der Waals surface area contributed by atoms with Crippen molar-refractivity contribution in [2.24, 2.45) is 0 Å². The van der Waals surface area contributed by atoms with E-state index in [4.69, 9.17) is 10.00 Å². The Morgan fingerprint density at radius 2 is 1.67 bits per heavy atom. The smallest absolute Gasteiger partial charge is 0.338 e. The minimum atomic E-state index is -0.949. The minimum Gasteiger partial charge on any atom is -0.449 e. The fourth-order valence-electron chi connectivity index (χ4n) is 2.55. The van der Waals surface area contributed by atoms with Gasteiger partial charge < -0.3 is 15.0 Å². The molecule has 1 atom stereocenters. The first-order valence-corrected chi connectivity index (χ1v) is 8.85. The zero-order chi connectivity index (χ0) is 19.8. The quantitative estimate of drug-likeness (QED) is 0.758. The summed E-state index contributed by atoms with van der Waals surface area (Å²) in [5, 5.41) is 11.4. The van der Waals surface area contributed by atoms with Crippen LogP contribution in [0, 0.1) is 11.3 Å². The van der Waals surface area contributed by atoms with Crippen LogP contribution < -0.4 is 10.2 Å². The van der Waals surface area contributed by atoms with Gasteiger partial charge in [-0.05, 0) is 69.3 Å². The van der Waals surface area contributed by atoms with Gasteiger partial charge in [-0.15, -0.1) is 0 Å². The number of carbonyl (C=O) groups excluding carboxylic acids is 2. The van der Waals surface area contributed by atoms with Crippen molar-refractivity contribution >= 4 is 23.3 Å². The van der Waals surface area contributed by atoms with Gasteiger partial charge in [-0.25, -0.2) is 4.79 Å². The Morgan fingerprint density at radius 3 is 2.19 bits per heavy atom. The number of nitrogens with zero attached hydrogens (tertiary/aromatic N) is 2. The number of nitrogens with one attached hydrogen (secondary N) is 1. The van der Waals surface area contributed by atoms with Crippen molar-refractivity contribution in [3.63, 3.8) is 0 Å². The van der Waals surface area contributed by atoms with Crippen LogP contribution in [0.25, 0.3) is 0 Å². The number of anilines is 2. The van der Waals surface area contributed by atoms with Gasteiger partial charge in [-0.1, -0.05) is 0 Å². The van der Waals surface area contributed by atoms with Crippen molar-refractivity contribution in [1.82, 2.24) is 0 Å². The van der Waals surface area contributed by atoms with E-state index in [1.54, 1.807) is 36.4 Å². The van der Waals surface area contributed by atoms with Gasteiger partial charge in [0, 0.05) is 24.5 Å². The van der Waals surface area contributed by atoms with Crippen LogP contribution in [0.3, 0.4) is 0 Å². The van der Waals surface area contributed by atoms with Crippen LogP contribution >= 0.6 is 0 Å². The Bertz CT molecular complexity index is 819. The van der Waals surface area contributed by atoms with Gasteiger partial charge in [0.15, 0.2) is 6.10 Å². The lowest BCUT2D eigenvalue weighted by Crippen LogP contribution is -2.30. The van der Waals surface area contributed by atoms with E-state index in [0.29, 0.717) is 16.8 Å². The Morgan fingerprint density at radius 1 is 1.07 bits per heavy atom. The van der Waals surface area contributed by atoms with Crippen LogP contribution in [-0.4, -0.2) is 31.1 Å². The van der Waals surface area contributed by atoms with Crippen molar-refractivity contribution in [3.05, 3.63) is 59.7 Å². The molecule has 0 aliphatic rings. The molecule has 2 aromatic rings. The van der Waals surface area contributed by atoms with Crippen LogP contribution in [0.1, 0.15) is 36.7 Å². The second kappa shape index (κ2) is 9.39. The first-order valence-electron chi connectivity index (χ1n) is 8.85. The predicted molar refractivity (Wildman–Crippen MR) is 105 cm³/mol. The van der Waals surface area contributed by atoms with Crippen molar-refractivity contribution in [3.8, 4) is 6.07 Å². The van der Waals surface area contributed by atoms with Crippen molar-refractivity contribution < 1.29 is 14.3 Å². The third kappa shape index (κ3) is 5.32. The highest BCUT2D eigenvalue weighted by molar-refractivity contribution is 5.97. The molecule has 0 aliphatic heterocycles. The molecule has 1 amide bonds. The largest absolute Gasteiger partial charge is 0.449 e. The number of hydrogen-bond acceptors (Lipinski definition) is 5. The summed E-state index contributed by atoms with van der Waals surface area (Å²) in [5.74, 6) is -0.989. The summed E-state index contributed by atoms with van der Waals surface area (Å²) in [6.07, 6.45) is -0.949. The molecular formula is C21H23N3O3. The molecule has 1 N–H and O–H groups in total. The average molecular weight is 365 g/mol. The summed E-state index contributed by atoms with van der Waals surface area (Å²) >= 11 is 0. The van der Waals surface area contributed by atoms with Gasteiger partial charge in [-0.3, -0.25) is 4.79 Å². The van der Waals surface area contributed by atoms with Gasteiger partial charge >= 0.3 is 5.97 Å². The van der Waals surface area contributed by atoms with E-state index in [9.17, 15) is 9.59 Å². The Hall–Kier alpha value is -3.33.